The van der Waals surface area contributed by atoms with E-state index in [0.29, 0.717) is 12.0 Å². The molecule has 2 aliphatic heterocycles. The molecule has 2 aliphatic carbocycles. The van der Waals surface area contributed by atoms with Crippen molar-refractivity contribution in [3.8, 4) is 0 Å². The van der Waals surface area contributed by atoms with Gasteiger partial charge in [-0.3, -0.25) is 4.90 Å². The van der Waals surface area contributed by atoms with Gasteiger partial charge in [0.25, 0.3) is 0 Å². The van der Waals surface area contributed by atoms with Crippen LogP contribution < -0.4 is 0 Å². The summed E-state index contributed by atoms with van der Waals surface area (Å²) in [5.41, 5.74) is 4.06. The smallest absolute Gasteiger partial charge is 0.0683 e. The molecule has 3 nitrogen and oxygen atoms in total. The highest BCUT2D eigenvalue weighted by Crippen LogP contribution is 2.62. The van der Waals surface area contributed by atoms with E-state index in [1.54, 1.807) is 5.56 Å². The van der Waals surface area contributed by atoms with Crippen molar-refractivity contribution in [2.24, 2.45) is 17.8 Å². The lowest BCUT2D eigenvalue weighted by molar-refractivity contribution is -0.0161. The predicted molar refractivity (Wildman–Crippen MR) is 90.2 cm³/mol. The van der Waals surface area contributed by atoms with E-state index in [2.05, 4.69) is 34.1 Å². The first-order valence-electron chi connectivity index (χ1n) is 9.29. The number of hydrogen-bond acceptors (Lipinski definition) is 2. The van der Waals surface area contributed by atoms with E-state index in [4.69, 9.17) is 0 Å². The normalized spacial score (nSPS) is 41.8. The summed E-state index contributed by atoms with van der Waals surface area (Å²) in [6, 6.07) is 9.32. The zero-order chi connectivity index (χ0) is 15.2. The van der Waals surface area contributed by atoms with Crippen LogP contribution in [0.5, 0.6) is 0 Å². The Labute approximate surface area is 136 Å². The number of aliphatic hydroxyl groups is 1. The van der Waals surface area contributed by atoms with Gasteiger partial charge in [-0.05, 0) is 61.5 Å². The third kappa shape index (κ3) is 1.67. The number of benzene rings is 1. The molecule has 6 rings (SSSR count). The van der Waals surface area contributed by atoms with E-state index in [9.17, 15) is 5.11 Å². The fraction of sp³-hybridized carbons (Fsp3) is 0.600. The summed E-state index contributed by atoms with van der Waals surface area (Å²) in [7, 11) is 0. The number of aromatic nitrogens is 1. The molecular formula is C20H24N2O. The van der Waals surface area contributed by atoms with Gasteiger partial charge in [0.1, 0.15) is 0 Å². The highest BCUT2D eigenvalue weighted by molar-refractivity contribution is 5.85. The van der Waals surface area contributed by atoms with Gasteiger partial charge in [-0.25, -0.2) is 0 Å². The number of nitrogens with one attached hydrogen (secondary N) is 1. The molecule has 3 fully saturated rings. The van der Waals surface area contributed by atoms with E-state index < -0.39 is 0 Å². The van der Waals surface area contributed by atoms with Gasteiger partial charge in [0.05, 0.1) is 11.6 Å². The van der Waals surface area contributed by atoms with Crippen LogP contribution in [0.1, 0.15) is 43.0 Å². The molecule has 0 spiro atoms. The van der Waals surface area contributed by atoms with Crippen molar-refractivity contribution in [1.82, 2.24) is 9.88 Å². The Hall–Kier alpha value is -1.32. The zero-order valence-corrected chi connectivity index (χ0v) is 13.5. The molecule has 0 amide bonds. The Kier molecular flexibility index (Phi) is 2.38. The SMILES string of the molecule is OC12CCC3CN4CCc5c([nH]c6ccccc56)C4CC3C1C2. The Morgan fingerprint density at radius 2 is 2.17 bits per heavy atom. The Balaban J connectivity index is 1.41. The number of rotatable bonds is 0. The maximum absolute atomic E-state index is 10.6. The van der Waals surface area contributed by atoms with Crippen LogP contribution in [0.15, 0.2) is 24.3 Å². The summed E-state index contributed by atoms with van der Waals surface area (Å²) in [6.07, 6.45) is 5.79. The fourth-order valence-electron chi connectivity index (χ4n) is 6.13. The van der Waals surface area contributed by atoms with Crippen LogP contribution in [0.4, 0.5) is 0 Å². The van der Waals surface area contributed by atoms with Gasteiger partial charge >= 0.3 is 0 Å². The minimum atomic E-state index is -0.277. The molecule has 5 atom stereocenters. The summed E-state index contributed by atoms with van der Waals surface area (Å²) >= 11 is 0. The Morgan fingerprint density at radius 1 is 1.26 bits per heavy atom. The van der Waals surface area contributed by atoms with Crippen molar-refractivity contribution in [1.29, 1.82) is 0 Å². The standard InChI is InChI=1S/C20H24N2O/c23-20-7-5-12-11-22-8-6-14-13-3-1-2-4-17(13)21-19(14)18(22)9-15(12)16(20)10-20/h1-4,12,15-16,18,21,23H,5-11H2. The first-order chi connectivity index (χ1) is 11.2. The van der Waals surface area contributed by atoms with Gasteiger partial charge < -0.3 is 10.1 Å². The van der Waals surface area contributed by atoms with Crippen molar-refractivity contribution in [2.75, 3.05) is 13.1 Å². The molecule has 0 bridgehead atoms. The summed E-state index contributed by atoms with van der Waals surface area (Å²) in [6.45, 7) is 2.45. The monoisotopic (exact) mass is 308 g/mol. The molecule has 120 valence electrons. The zero-order valence-electron chi connectivity index (χ0n) is 13.5. The van der Waals surface area contributed by atoms with Crippen LogP contribution in [0, 0.1) is 17.8 Å². The van der Waals surface area contributed by atoms with Crippen molar-refractivity contribution in [3.63, 3.8) is 0 Å². The highest BCUT2D eigenvalue weighted by Gasteiger charge is 2.62. The average Bonchev–Trinajstić information content (AvgIpc) is 3.13. The lowest BCUT2D eigenvalue weighted by Gasteiger charge is -2.48. The molecule has 3 heterocycles. The lowest BCUT2D eigenvalue weighted by Crippen LogP contribution is -2.48. The topological polar surface area (TPSA) is 39.3 Å². The molecule has 1 saturated heterocycles. The summed E-state index contributed by atoms with van der Waals surface area (Å²) in [5, 5.41) is 12.0. The van der Waals surface area contributed by atoms with Crippen LogP contribution in [0.3, 0.4) is 0 Å². The van der Waals surface area contributed by atoms with E-state index in [1.807, 2.05) is 0 Å². The molecule has 4 aliphatic rings. The maximum Gasteiger partial charge on any atom is 0.0683 e. The van der Waals surface area contributed by atoms with Gasteiger partial charge in [-0.15, -0.1) is 0 Å². The van der Waals surface area contributed by atoms with Gasteiger partial charge in [-0.2, -0.15) is 0 Å². The number of fused-ring (bicyclic) bond motifs is 8. The highest BCUT2D eigenvalue weighted by atomic mass is 16.3. The number of aromatic amines is 1. The summed E-state index contributed by atoms with van der Waals surface area (Å²) in [4.78, 5) is 6.47. The largest absolute Gasteiger partial charge is 0.390 e. The molecule has 3 heteroatoms. The number of nitrogens with zero attached hydrogens (tertiary/aromatic N) is 1. The first-order valence-corrected chi connectivity index (χ1v) is 9.29. The first kappa shape index (κ1) is 13.0. The van der Waals surface area contributed by atoms with Gasteiger partial charge in [0.2, 0.25) is 0 Å². The molecule has 2 saturated carbocycles. The van der Waals surface area contributed by atoms with Gasteiger partial charge in [0.15, 0.2) is 0 Å². The Morgan fingerprint density at radius 3 is 3.13 bits per heavy atom. The quantitative estimate of drug-likeness (QED) is 0.784. The minimum absolute atomic E-state index is 0.277. The lowest BCUT2D eigenvalue weighted by atomic mass is 9.70. The van der Waals surface area contributed by atoms with Crippen LogP contribution in [0.2, 0.25) is 0 Å². The number of hydrogen-bond donors (Lipinski definition) is 2. The van der Waals surface area contributed by atoms with E-state index in [0.717, 1.165) is 24.7 Å². The molecular weight excluding hydrogens is 284 g/mol. The van der Waals surface area contributed by atoms with E-state index in [-0.39, 0.29) is 5.60 Å². The van der Waals surface area contributed by atoms with Crippen molar-refractivity contribution < 1.29 is 5.11 Å². The molecule has 1 aromatic carbocycles. The van der Waals surface area contributed by atoms with E-state index >= 15 is 0 Å². The van der Waals surface area contributed by atoms with E-state index in [1.165, 1.54) is 48.9 Å². The third-order valence-electron chi connectivity index (χ3n) is 7.41. The van der Waals surface area contributed by atoms with Crippen molar-refractivity contribution in [2.45, 2.75) is 43.7 Å². The molecule has 0 radical (unpaired) electrons. The second kappa shape index (κ2) is 4.20. The third-order valence-corrected chi connectivity index (χ3v) is 7.41. The summed E-state index contributed by atoms with van der Waals surface area (Å²) < 4.78 is 0. The second-order valence-electron chi connectivity index (χ2n) is 8.44. The summed E-state index contributed by atoms with van der Waals surface area (Å²) in [5.74, 6) is 2.16. The molecule has 23 heavy (non-hydrogen) atoms. The van der Waals surface area contributed by atoms with Crippen molar-refractivity contribution in [3.05, 3.63) is 35.5 Å². The maximum atomic E-state index is 10.6. The van der Waals surface area contributed by atoms with Crippen molar-refractivity contribution >= 4 is 10.9 Å². The average molecular weight is 308 g/mol. The molecule has 5 unspecified atom stereocenters. The van der Waals surface area contributed by atoms with Gasteiger partial charge in [0, 0.05) is 29.7 Å². The van der Waals surface area contributed by atoms with Gasteiger partial charge in [-0.1, -0.05) is 18.2 Å². The van der Waals surface area contributed by atoms with Crippen LogP contribution in [-0.4, -0.2) is 33.7 Å². The predicted octanol–water partition coefficient (Wildman–Crippen LogP) is 3.25. The minimum Gasteiger partial charge on any atom is -0.390 e. The van der Waals surface area contributed by atoms with Crippen LogP contribution in [-0.2, 0) is 6.42 Å². The number of piperidine rings is 1. The van der Waals surface area contributed by atoms with Crippen LogP contribution in [0.25, 0.3) is 10.9 Å². The Bertz CT molecular complexity index is 796. The second-order valence-corrected chi connectivity index (χ2v) is 8.44. The molecule has 1 aromatic heterocycles. The number of para-hydroxylation sites is 1. The molecule has 2 aromatic rings. The molecule has 2 N–H and O–H groups in total. The number of H-pyrrole nitrogens is 1. The van der Waals surface area contributed by atoms with Crippen LogP contribution >= 0.6 is 0 Å². The fourth-order valence-corrected chi connectivity index (χ4v) is 6.13.